The van der Waals surface area contributed by atoms with Crippen molar-refractivity contribution < 1.29 is 0 Å². The van der Waals surface area contributed by atoms with Crippen molar-refractivity contribution in [3.63, 3.8) is 0 Å². The van der Waals surface area contributed by atoms with Crippen molar-refractivity contribution in [1.82, 2.24) is 0 Å². The maximum absolute atomic E-state index is 2.50. The summed E-state index contributed by atoms with van der Waals surface area (Å²) in [5.74, 6) is 4.40. The van der Waals surface area contributed by atoms with E-state index in [9.17, 15) is 0 Å². The average molecular weight is 291 g/mol. The van der Waals surface area contributed by atoms with E-state index in [1.165, 1.54) is 44.9 Å². The molecule has 122 valence electrons. The molecule has 3 unspecified atom stereocenters. The molecule has 0 N–H and O–H groups in total. The zero-order valence-corrected chi connectivity index (χ0v) is 14.7. The van der Waals surface area contributed by atoms with E-state index in [1.54, 1.807) is 44.9 Å². The van der Waals surface area contributed by atoms with Gasteiger partial charge in [-0.05, 0) is 54.8 Å². The largest absolute Gasteiger partial charge is 0.0599 e. The van der Waals surface area contributed by atoms with Crippen LogP contribution in [-0.4, -0.2) is 0 Å². The van der Waals surface area contributed by atoms with Crippen LogP contribution in [0.25, 0.3) is 0 Å². The molecule has 0 bridgehead atoms. The van der Waals surface area contributed by atoms with Gasteiger partial charge in [-0.15, -0.1) is 0 Å². The lowest BCUT2D eigenvalue weighted by atomic mass is 9.66. The third kappa shape index (κ3) is 4.26. The molecule has 0 aliphatic heterocycles. The van der Waals surface area contributed by atoms with Crippen molar-refractivity contribution >= 4 is 0 Å². The van der Waals surface area contributed by atoms with Crippen molar-refractivity contribution in [3.05, 3.63) is 0 Å². The molecule has 0 aromatic rings. The Labute approximate surface area is 133 Å². The summed E-state index contributed by atoms with van der Waals surface area (Å²) in [6, 6.07) is 0. The molecule has 0 saturated heterocycles. The summed E-state index contributed by atoms with van der Waals surface area (Å²) in [6.45, 7) is 5.00. The van der Waals surface area contributed by atoms with Gasteiger partial charge in [0.25, 0.3) is 0 Å². The van der Waals surface area contributed by atoms with Crippen molar-refractivity contribution in [1.29, 1.82) is 0 Å². The summed E-state index contributed by atoms with van der Waals surface area (Å²) in [7, 11) is 0. The lowest BCUT2D eigenvalue weighted by Crippen LogP contribution is -2.28. The first kappa shape index (κ1) is 15.9. The van der Waals surface area contributed by atoms with Gasteiger partial charge in [0.2, 0.25) is 0 Å². The van der Waals surface area contributed by atoms with E-state index < -0.39 is 0 Å². The van der Waals surface area contributed by atoms with Gasteiger partial charge in [-0.25, -0.2) is 0 Å². The van der Waals surface area contributed by atoms with Crippen LogP contribution in [0.1, 0.15) is 104 Å². The van der Waals surface area contributed by atoms with Crippen molar-refractivity contribution in [2.45, 2.75) is 104 Å². The Morgan fingerprint density at radius 3 is 1.81 bits per heavy atom. The van der Waals surface area contributed by atoms with Crippen molar-refractivity contribution in [2.75, 3.05) is 0 Å². The predicted octanol–water partition coefficient (Wildman–Crippen LogP) is 6.98. The molecule has 3 aliphatic rings. The van der Waals surface area contributed by atoms with Gasteiger partial charge in [-0.3, -0.25) is 0 Å². The van der Waals surface area contributed by atoms with Crippen LogP contribution in [0.5, 0.6) is 0 Å². The van der Waals surface area contributed by atoms with Gasteiger partial charge >= 0.3 is 0 Å². The Morgan fingerprint density at radius 1 is 0.524 bits per heavy atom. The summed E-state index contributed by atoms with van der Waals surface area (Å²) in [6.07, 6.45) is 21.5. The lowest BCUT2D eigenvalue weighted by molar-refractivity contribution is 0.119. The molecule has 3 rings (SSSR count). The van der Waals surface area contributed by atoms with Crippen LogP contribution < -0.4 is 0 Å². The third-order valence-electron chi connectivity index (χ3n) is 7.36. The van der Waals surface area contributed by atoms with Gasteiger partial charge in [0.1, 0.15) is 0 Å². The average Bonchev–Trinajstić information content (AvgIpc) is 2.69. The quantitative estimate of drug-likeness (QED) is 0.481. The molecule has 3 fully saturated rings. The first-order chi connectivity index (χ1) is 10.1. The molecule has 3 atom stereocenters. The Balaban J connectivity index is 1.55. The van der Waals surface area contributed by atoms with Crippen LogP contribution in [0.3, 0.4) is 0 Å². The first-order valence-electron chi connectivity index (χ1n) is 10.1. The van der Waals surface area contributed by atoms with Gasteiger partial charge < -0.3 is 0 Å². The van der Waals surface area contributed by atoms with E-state index in [1.807, 2.05) is 0 Å². The maximum atomic E-state index is 2.50. The van der Waals surface area contributed by atoms with Crippen LogP contribution in [-0.2, 0) is 0 Å². The lowest BCUT2D eigenvalue weighted by Gasteiger charge is -2.39. The monoisotopic (exact) mass is 290 g/mol. The minimum atomic E-state index is 0.631. The molecule has 3 aliphatic carbocycles. The number of rotatable bonds is 2. The standard InChI is InChI=1S/C21H38/c1-21(2)14-7-12-18(13-15-21)20-11-6-10-19(16-20)17-8-4-3-5-9-17/h17-20H,3-16H2,1-2H3. The molecular weight excluding hydrogens is 252 g/mol. The molecule has 0 amide bonds. The molecule has 0 aromatic carbocycles. The molecule has 0 spiro atoms. The normalized spacial score (nSPS) is 38.9. The van der Waals surface area contributed by atoms with Crippen LogP contribution in [0.4, 0.5) is 0 Å². The highest BCUT2D eigenvalue weighted by Crippen LogP contribution is 2.46. The van der Waals surface area contributed by atoms with E-state index >= 15 is 0 Å². The molecule has 3 saturated carbocycles. The molecule has 21 heavy (non-hydrogen) atoms. The highest BCUT2D eigenvalue weighted by atomic mass is 14.4. The highest BCUT2D eigenvalue weighted by Gasteiger charge is 2.34. The fourth-order valence-corrected chi connectivity index (χ4v) is 5.89. The van der Waals surface area contributed by atoms with Crippen molar-refractivity contribution in [2.24, 2.45) is 29.1 Å². The molecule has 0 aromatic heterocycles. The Hall–Kier alpha value is 0. The molecular formula is C21H38. The fraction of sp³-hybridized carbons (Fsp3) is 1.00. The molecule has 0 nitrogen and oxygen atoms in total. The van der Waals surface area contributed by atoms with Gasteiger partial charge in [0.05, 0.1) is 0 Å². The Morgan fingerprint density at radius 2 is 1.10 bits per heavy atom. The van der Waals surface area contributed by atoms with E-state index in [-0.39, 0.29) is 0 Å². The summed E-state index contributed by atoms with van der Waals surface area (Å²) >= 11 is 0. The second kappa shape index (κ2) is 7.05. The summed E-state index contributed by atoms with van der Waals surface area (Å²) < 4.78 is 0. The zero-order valence-electron chi connectivity index (χ0n) is 14.7. The second-order valence-electron chi connectivity index (χ2n) is 9.44. The topological polar surface area (TPSA) is 0 Å². The summed E-state index contributed by atoms with van der Waals surface area (Å²) in [5, 5.41) is 0. The minimum absolute atomic E-state index is 0.631. The second-order valence-corrected chi connectivity index (χ2v) is 9.44. The minimum Gasteiger partial charge on any atom is -0.0599 e. The Kier molecular flexibility index (Phi) is 5.33. The van der Waals surface area contributed by atoms with E-state index in [2.05, 4.69) is 13.8 Å². The van der Waals surface area contributed by atoms with Gasteiger partial charge in [0.15, 0.2) is 0 Å². The van der Waals surface area contributed by atoms with Gasteiger partial charge in [0, 0.05) is 0 Å². The predicted molar refractivity (Wildman–Crippen MR) is 92.4 cm³/mol. The summed E-state index contributed by atoms with van der Waals surface area (Å²) in [4.78, 5) is 0. The fourth-order valence-electron chi connectivity index (χ4n) is 5.89. The summed E-state index contributed by atoms with van der Waals surface area (Å²) in [5.41, 5.74) is 0.631. The van der Waals surface area contributed by atoms with Crippen LogP contribution in [0.15, 0.2) is 0 Å². The Bertz CT molecular complexity index is 310. The number of hydrogen-bond donors (Lipinski definition) is 0. The van der Waals surface area contributed by atoms with Crippen LogP contribution >= 0.6 is 0 Å². The van der Waals surface area contributed by atoms with E-state index in [0.717, 1.165) is 23.7 Å². The van der Waals surface area contributed by atoms with Crippen molar-refractivity contribution in [3.8, 4) is 0 Å². The zero-order chi connectivity index (χ0) is 14.7. The maximum Gasteiger partial charge on any atom is -0.0354 e. The van der Waals surface area contributed by atoms with Crippen LogP contribution in [0.2, 0.25) is 0 Å². The highest BCUT2D eigenvalue weighted by molar-refractivity contribution is 4.86. The molecule has 0 heteroatoms. The van der Waals surface area contributed by atoms with E-state index in [0.29, 0.717) is 5.41 Å². The van der Waals surface area contributed by atoms with Crippen LogP contribution in [0, 0.1) is 29.1 Å². The van der Waals surface area contributed by atoms with Gasteiger partial charge in [-0.1, -0.05) is 78.1 Å². The smallest absolute Gasteiger partial charge is 0.0354 e. The first-order valence-corrected chi connectivity index (χ1v) is 10.1. The SMILES string of the molecule is CC1(C)CCCC(C2CCCC(C3CCCCC3)C2)CC1. The van der Waals surface area contributed by atoms with E-state index in [4.69, 9.17) is 0 Å². The third-order valence-corrected chi connectivity index (χ3v) is 7.36. The number of hydrogen-bond acceptors (Lipinski definition) is 0. The van der Waals surface area contributed by atoms with Gasteiger partial charge in [-0.2, -0.15) is 0 Å². The molecule has 0 radical (unpaired) electrons. The molecule has 0 heterocycles.